The molecule has 0 radical (unpaired) electrons. The number of rotatable bonds is 5. The van der Waals surface area contributed by atoms with Gasteiger partial charge in [0.05, 0.1) is 12.5 Å². The zero-order chi connectivity index (χ0) is 13.9. The lowest BCUT2D eigenvalue weighted by atomic mass is 9.81. The Hall–Kier alpha value is -2.21. The number of hydrogen-bond donors (Lipinski definition) is 2. The van der Waals surface area contributed by atoms with Crippen molar-refractivity contribution >= 4 is 5.91 Å². The molecule has 0 bridgehead atoms. The molecule has 0 aliphatic carbocycles. The molecule has 0 spiro atoms. The number of amides is 1. The van der Waals surface area contributed by atoms with Crippen molar-refractivity contribution in [3.63, 3.8) is 0 Å². The van der Waals surface area contributed by atoms with Crippen molar-refractivity contribution in [3.05, 3.63) is 48.5 Å². The molecular formula is C13H16N4O2. The van der Waals surface area contributed by atoms with E-state index < -0.39 is 17.4 Å². The van der Waals surface area contributed by atoms with E-state index in [4.69, 9.17) is 5.73 Å². The number of primary amides is 1. The zero-order valence-electron chi connectivity index (χ0n) is 10.6. The van der Waals surface area contributed by atoms with Crippen LogP contribution in [0.25, 0.3) is 0 Å². The Morgan fingerprint density at radius 3 is 2.68 bits per heavy atom. The first kappa shape index (κ1) is 13.2. The predicted octanol–water partition coefficient (Wildman–Crippen LogP) is 0.287. The average molecular weight is 260 g/mol. The van der Waals surface area contributed by atoms with Crippen LogP contribution in [-0.4, -0.2) is 25.8 Å². The number of nitrogens with two attached hydrogens (primary N) is 1. The van der Waals surface area contributed by atoms with Crippen LogP contribution < -0.4 is 5.73 Å². The molecule has 0 aliphatic rings. The quantitative estimate of drug-likeness (QED) is 0.807. The lowest BCUT2D eigenvalue weighted by Crippen LogP contribution is -2.44. The molecule has 2 aromatic rings. The van der Waals surface area contributed by atoms with Crippen molar-refractivity contribution < 1.29 is 9.90 Å². The van der Waals surface area contributed by atoms with Crippen LogP contribution >= 0.6 is 0 Å². The minimum Gasteiger partial charge on any atom is -0.382 e. The molecule has 6 heteroatoms. The summed E-state index contributed by atoms with van der Waals surface area (Å²) < 4.78 is 1.48. The summed E-state index contributed by atoms with van der Waals surface area (Å²) in [5, 5.41) is 14.9. The predicted molar refractivity (Wildman–Crippen MR) is 68.7 cm³/mol. The van der Waals surface area contributed by atoms with Gasteiger partial charge in [-0.15, -0.1) is 0 Å². The number of carbonyl (C=O) groups excluding carboxylic acids is 1. The highest BCUT2D eigenvalue weighted by atomic mass is 16.3. The molecule has 1 aromatic heterocycles. The Morgan fingerprint density at radius 1 is 1.47 bits per heavy atom. The monoisotopic (exact) mass is 260 g/mol. The molecule has 100 valence electrons. The van der Waals surface area contributed by atoms with E-state index >= 15 is 0 Å². The van der Waals surface area contributed by atoms with Crippen LogP contribution in [0.3, 0.4) is 0 Å². The van der Waals surface area contributed by atoms with Crippen molar-refractivity contribution in [2.75, 3.05) is 0 Å². The highest BCUT2D eigenvalue weighted by Gasteiger charge is 2.39. The maximum absolute atomic E-state index is 11.5. The van der Waals surface area contributed by atoms with Crippen molar-refractivity contribution in [2.45, 2.75) is 19.1 Å². The molecule has 6 nitrogen and oxygen atoms in total. The maximum atomic E-state index is 11.5. The van der Waals surface area contributed by atoms with Gasteiger partial charge in [0, 0.05) is 0 Å². The molecule has 0 fully saturated rings. The number of benzene rings is 1. The molecule has 19 heavy (non-hydrogen) atoms. The van der Waals surface area contributed by atoms with E-state index in [1.165, 1.54) is 17.3 Å². The van der Waals surface area contributed by atoms with E-state index in [9.17, 15) is 9.90 Å². The maximum Gasteiger partial charge on any atom is 0.223 e. The van der Waals surface area contributed by atoms with Crippen molar-refractivity contribution in [1.82, 2.24) is 14.8 Å². The molecule has 3 N–H and O–H groups in total. The van der Waals surface area contributed by atoms with Crippen molar-refractivity contribution in [3.8, 4) is 0 Å². The number of nitrogens with zero attached hydrogens (tertiary/aromatic N) is 3. The van der Waals surface area contributed by atoms with Crippen LogP contribution in [0.1, 0.15) is 12.5 Å². The van der Waals surface area contributed by atoms with Crippen LogP contribution in [0.4, 0.5) is 0 Å². The highest BCUT2D eigenvalue weighted by Crippen LogP contribution is 2.31. The molecule has 0 saturated carbocycles. The van der Waals surface area contributed by atoms with Crippen LogP contribution in [0.2, 0.25) is 0 Å². The topological polar surface area (TPSA) is 94.0 Å². The van der Waals surface area contributed by atoms with Gasteiger partial charge >= 0.3 is 0 Å². The molecule has 0 aliphatic heterocycles. The van der Waals surface area contributed by atoms with E-state index in [2.05, 4.69) is 10.1 Å². The molecule has 1 aromatic carbocycles. The molecule has 1 heterocycles. The van der Waals surface area contributed by atoms with Gasteiger partial charge in [-0.25, -0.2) is 9.67 Å². The van der Waals surface area contributed by atoms with Gasteiger partial charge < -0.3 is 10.8 Å². The third kappa shape index (κ3) is 2.63. The Balaban J connectivity index is 2.41. The van der Waals surface area contributed by atoms with E-state index in [-0.39, 0.29) is 6.54 Å². The second kappa shape index (κ2) is 5.19. The largest absolute Gasteiger partial charge is 0.382 e. The van der Waals surface area contributed by atoms with Crippen LogP contribution in [0, 0.1) is 5.92 Å². The van der Waals surface area contributed by atoms with Gasteiger partial charge in [-0.1, -0.05) is 37.3 Å². The van der Waals surface area contributed by atoms with E-state index in [0.29, 0.717) is 5.56 Å². The summed E-state index contributed by atoms with van der Waals surface area (Å²) in [5.74, 6) is -1.31. The average Bonchev–Trinajstić information content (AvgIpc) is 2.91. The summed E-state index contributed by atoms with van der Waals surface area (Å²) in [7, 11) is 0. The Kier molecular flexibility index (Phi) is 3.62. The summed E-state index contributed by atoms with van der Waals surface area (Å²) >= 11 is 0. The smallest absolute Gasteiger partial charge is 0.223 e. The molecular weight excluding hydrogens is 244 g/mol. The first-order valence-corrected chi connectivity index (χ1v) is 5.93. The van der Waals surface area contributed by atoms with E-state index in [1.807, 2.05) is 6.07 Å². The fourth-order valence-corrected chi connectivity index (χ4v) is 2.00. The van der Waals surface area contributed by atoms with Gasteiger partial charge in [-0.3, -0.25) is 4.79 Å². The number of aromatic nitrogens is 3. The summed E-state index contributed by atoms with van der Waals surface area (Å²) in [6.45, 7) is 1.72. The molecule has 1 amide bonds. The minimum absolute atomic E-state index is 0.112. The molecule has 2 atom stereocenters. The fourth-order valence-electron chi connectivity index (χ4n) is 2.00. The van der Waals surface area contributed by atoms with Gasteiger partial charge in [0.25, 0.3) is 0 Å². The lowest BCUT2D eigenvalue weighted by Gasteiger charge is -2.32. The van der Waals surface area contributed by atoms with Crippen LogP contribution in [-0.2, 0) is 16.9 Å². The standard InChI is InChI=1S/C13H16N4O2/c1-10(12(14)18)13(19,7-17-9-15-8-16-17)11-5-3-2-4-6-11/h2-6,8-10,19H,7H2,1H3,(H2,14,18)/t10-,13+/m0/s1. The second-order valence-electron chi connectivity index (χ2n) is 4.51. The van der Waals surface area contributed by atoms with Crippen LogP contribution in [0.15, 0.2) is 43.0 Å². The summed E-state index contributed by atoms with van der Waals surface area (Å²) in [6, 6.07) is 8.96. The van der Waals surface area contributed by atoms with Gasteiger partial charge in [0.1, 0.15) is 18.3 Å². The van der Waals surface area contributed by atoms with E-state index in [1.54, 1.807) is 31.2 Å². The highest BCUT2D eigenvalue weighted by molar-refractivity contribution is 5.77. The number of carbonyl (C=O) groups is 1. The molecule has 0 unspecified atom stereocenters. The Morgan fingerprint density at radius 2 is 2.16 bits per heavy atom. The first-order chi connectivity index (χ1) is 9.04. The Bertz CT molecular complexity index is 541. The second-order valence-corrected chi connectivity index (χ2v) is 4.51. The SMILES string of the molecule is C[C@@H](C(N)=O)[C@](O)(Cn1cncn1)c1ccccc1. The third-order valence-corrected chi connectivity index (χ3v) is 3.29. The third-order valence-electron chi connectivity index (χ3n) is 3.29. The Labute approximate surface area is 110 Å². The molecule has 2 rings (SSSR count). The summed E-state index contributed by atoms with van der Waals surface area (Å²) in [4.78, 5) is 15.3. The first-order valence-electron chi connectivity index (χ1n) is 5.93. The van der Waals surface area contributed by atoms with Gasteiger partial charge in [0.2, 0.25) is 5.91 Å². The van der Waals surface area contributed by atoms with Gasteiger partial charge in [-0.05, 0) is 5.56 Å². The number of aliphatic hydroxyl groups is 1. The fraction of sp³-hybridized carbons (Fsp3) is 0.308. The summed E-state index contributed by atoms with van der Waals surface area (Å²) in [5.41, 5.74) is 4.55. The van der Waals surface area contributed by atoms with Crippen molar-refractivity contribution in [2.24, 2.45) is 11.7 Å². The normalized spacial score (nSPS) is 15.7. The van der Waals surface area contributed by atoms with Gasteiger partial charge in [-0.2, -0.15) is 5.10 Å². The number of hydrogen-bond acceptors (Lipinski definition) is 4. The summed E-state index contributed by atoms with van der Waals surface area (Å²) in [6.07, 6.45) is 2.86. The van der Waals surface area contributed by atoms with Crippen molar-refractivity contribution in [1.29, 1.82) is 0 Å². The lowest BCUT2D eigenvalue weighted by molar-refractivity contribution is -0.132. The minimum atomic E-state index is -1.42. The van der Waals surface area contributed by atoms with Gasteiger partial charge in [0.15, 0.2) is 0 Å². The zero-order valence-corrected chi connectivity index (χ0v) is 10.6. The van der Waals surface area contributed by atoms with Crippen LogP contribution in [0.5, 0.6) is 0 Å². The molecule has 0 saturated heterocycles. The van der Waals surface area contributed by atoms with E-state index in [0.717, 1.165) is 0 Å².